The Hall–Kier alpha value is -1.40. The first-order valence-electron chi connectivity index (χ1n) is 9.23. The number of amides is 3. The number of rotatable bonds is 6. The Bertz CT molecular complexity index is 597. The van der Waals surface area contributed by atoms with E-state index in [1.807, 2.05) is 11.8 Å². The Kier molecular flexibility index (Phi) is 8.59. The number of hydrogen-bond donors (Lipinski definition) is 1. The van der Waals surface area contributed by atoms with Crippen LogP contribution in [0.25, 0.3) is 0 Å². The molecular formula is C19H28ClN3O2S. The second-order valence-electron chi connectivity index (χ2n) is 6.47. The molecule has 0 aliphatic carbocycles. The van der Waals surface area contributed by atoms with Crippen molar-refractivity contribution in [2.24, 2.45) is 0 Å². The third-order valence-electron chi connectivity index (χ3n) is 4.40. The fourth-order valence-corrected chi connectivity index (χ4v) is 4.04. The molecule has 144 valence electrons. The van der Waals surface area contributed by atoms with E-state index < -0.39 is 0 Å². The molecule has 1 aromatic carbocycles. The van der Waals surface area contributed by atoms with E-state index in [1.165, 1.54) is 0 Å². The van der Waals surface area contributed by atoms with Crippen LogP contribution in [-0.4, -0.2) is 58.9 Å². The maximum absolute atomic E-state index is 12.6. The third-order valence-corrected chi connectivity index (χ3v) is 5.88. The Morgan fingerprint density at radius 3 is 2.50 bits per heavy atom. The number of nitrogens with one attached hydrogen (secondary N) is 1. The highest BCUT2D eigenvalue weighted by molar-refractivity contribution is 8.00. The summed E-state index contributed by atoms with van der Waals surface area (Å²) in [6.07, 6.45) is 3.09. The summed E-state index contributed by atoms with van der Waals surface area (Å²) in [4.78, 5) is 28.8. The fraction of sp³-hybridized carbons (Fsp3) is 0.579. The van der Waals surface area contributed by atoms with Crippen LogP contribution >= 0.6 is 23.4 Å². The molecule has 1 fully saturated rings. The van der Waals surface area contributed by atoms with Gasteiger partial charge in [-0.2, -0.15) is 0 Å². The minimum absolute atomic E-state index is 0.0176. The molecule has 2 rings (SSSR count). The largest absolute Gasteiger partial charge is 0.340 e. The van der Waals surface area contributed by atoms with E-state index in [0.29, 0.717) is 31.2 Å². The Morgan fingerprint density at radius 1 is 1.15 bits per heavy atom. The molecule has 1 aliphatic heterocycles. The lowest BCUT2D eigenvalue weighted by atomic mass is 10.3. The molecule has 26 heavy (non-hydrogen) atoms. The topological polar surface area (TPSA) is 52.7 Å². The van der Waals surface area contributed by atoms with Gasteiger partial charge in [0.25, 0.3) is 0 Å². The average molecular weight is 398 g/mol. The number of hydrogen-bond acceptors (Lipinski definition) is 3. The number of anilines is 1. The molecule has 0 bridgehead atoms. The summed E-state index contributed by atoms with van der Waals surface area (Å²) in [5.74, 6) is 1.21. The van der Waals surface area contributed by atoms with Crippen molar-refractivity contribution in [1.82, 2.24) is 9.80 Å². The predicted molar refractivity (Wildman–Crippen MR) is 110 cm³/mol. The van der Waals surface area contributed by atoms with Crippen LogP contribution < -0.4 is 5.32 Å². The number of carbonyl (C=O) groups is 2. The zero-order chi connectivity index (χ0) is 18.9. The first-order chi connectivity index (χ1) is 12.5. The second kappa shape index (κ2) is 10.7. The second-order valence-corrected chi connectivity index (χ2v) is 8.35. The molecule has 1 saturated heterocycles. The molecule has 0 saturated carbocycles. The zero-order valence-corrected chi connectivity index (χ0v) is 17.1. The van der Waals surface area contributed by atoms with Gasteiger partial charge in [-0.15, -0.1) is 11.8 Å². The molecular weight excluding hydrogens is 370 g/mol. The van der Waals surface area contributed by atoms with Crippen molar-refractivity contribution in [3.8, 4) is 0 Å². The van der Waals surface area contributed by atoms with Crippen LogP contribution in [0.15, 0.2) is 24.3 Å². The molecule has 1 atom stereocenters. The van der Waals surface area contributed by atoms with E-state index in [-0.39, 0.29) is 17.2 Å². The standard InChI is InChI=1S/C19H28ClN3O2S/c1-3-4-14-26-15(2)18(24)22-10-5-11-23(13-12-22)19(25)21-17-8-6-16(20)7-9-17/h6-9,15H,3-5,10-14H2,1-2H3,(H,21,25). The van der Waals surface area contributed by atoms with Crippen molar-refractivity contribution in [2.45, 2.75) is 38.4 Å². The lowest BCUT2D eigenvalue weighted by molar-refractivity contribution is -0.130. The Labute approximate surface area is 165 Å². The van der Waals surface area contributed by atoms with E-state index in [4.69, 9.17) is 11.6 Å². The van der Waals surface area contributed by atoms with Crippen LogP contribution in [0.1, 0.15) is 33.1 Å². The van der Waals surface area contributed by atoms with Crippen LogP contribution in [0, 0.1) is 0 Å². The van der Waals surface area contributed by atoms with Crippen LogP contribution in [0.3, 0.4) is 0 Å². The molecule has 1 N–H and O–H groups in total. The van der Waals surface area contributed by atoms with Crippen molar-refractivity contribution in [3.05, 3.63) is 29.3 Å². The maximum atomic E-state index is 12.6. The molecule has 1 heterocycles. The lowest BCUT2D eigenvalue weighted by Crippen LogP contribution is -2.41. The Balaban J connectivity index is 1.83. The molecule has 1 unspecified atom stereocenters. The average Bonchev–Trinajstić information content (AvgIpc) is 2.89. The summed E-state index contributed by atoms with van der Waals surface area (Å²) in [6, 6.07) is 6.92. The first kappa shape index (κ1) is 20.9. The number of halogens is 1. The number of benzene rings is 1. The van der Waals surface area contributed by atoms with Gasteiger partial charge in [0.1, 0.15) is 0 Å². The number of unbranched alkanes of at least 4 members (excludes halogenated alkanes) is 1. The van der Waals surface area contributed by atoms with E-state index in [2.05, 4.69) is 12.2 Å². The summed E-state index contributed by atoms with van der Waals surface area (Å²) in [5, 5.41) is 3.51. The molecule has 0 aromatic heterocycles. The van der Waals surface area contributed by atoms with Crippen molar-refractivity contribution < 1.29 is 9.59 Å². The first-order valence-corrected chi connectivity index (χ1v) is 10.7. The molecule has 3 amide bonds. The maximum Gasteiger partial charge on any atom is 0.321 e. The summed E-state index contributed by atoms with van der Waals surface area (Å²) in [7, 11) is 0. The highest BCUT2D eigenvalue weighted by atomic mass is 35.5. The number of thioether (sulfide) groups is 1. The summed E-state index contributed by atoms with van der Waals surface area (Å²) >= 11 is 7.59. The molecule has 5 nitrogen and oxygen atoms in total. The molecule has 1 aliphatic rings. The normalized spacial score (nSPS) is 16.1. The van der Waals surface area contributed by atoms with Gasteiger partial charge in [0, 0.05) is 36.9 Å². The van der Waals surface area contributed by atoms with Crippen LogP contribution in [-0.2, 0) is 4.79 Å². The van der Waals surface area contributed by atoms with E-state index in [1.54, 1.807) is 40.9 Å². The summed E-state index contributed by atoms with van der Waals surface area (Å²) in [5.41, 5.74) is 0.720. The van der Waals surface area contributed by atoms with Crippen molar-refractivity contribution >= 4 is 41.0 Å². The minimum Gasteiger partial charge on any atom is -0.340 e. The van der Waals surface area contributed by atoms with Gasteiger partial charge in [0.15, 0.2) is 0 Å². The molecule has 0 radical (unpaired) electrons. The number of nitrogens with zero attached hydrogens (tertiary/aromatic N) is 2. The van der Waals surface area contributed by atoms with Crippen molar-refractivity contribution in [3.63, 3.8) is 0 Å². The van der Waals surface area contributed by atoms with E-state index in [9.17, 15) is 9.59 Å². The number of carbonyl (C=O) groups excluding carboxylic acids is 2. The van der Waals surface area contributed by atoms with E-state index >= 15 is 0 Å². The predicted octanol–water partition coefficient (Wildman–Crippen LogP) is 4.33. The smallest absolute Gasteiger partial charge is 0.321 e. The lowest BCUT2D eigenvalue weighted by Gasteiger charge is -2.24. The van der Waals surface area contributed by atoms with Gasteiger partial charge in [-0.1, -0.05) is 24.9 Å². The van der Waals surface area contributed by atoms with Crippen molar-refractivity contribution in [2.75, 3.05) is 37.2 Å². The minimum atomic E-state index is -0.132. The van der Waals surface area contributed by atoms with Gasteiger partial charge in [0.2, 0.25) is 5.91 Å². The van der Waals surface area contributed by atoms with Gasteiger partial charge in [-0.05, 0) is 49.8 Å². The Morgan fingerprint density at radius 2 is 1.81 bits per heavy atom. The summed E-state index contributed by atoms with van der Waals surface area (Å²) in [6.45, 7) is 6.65. The number of urea groups is 1. The highest BCUT2D eigenvalue weighted by Gasteiger charge is 2.25. The zero-order valence-electron chi connectivity index (χ0n) is 15.5. The molecule has 7 heteroatoms. The SMILES string of the molecule is CCCCSC(C)C(=O)N1CCCN(C(=O)Nc2ccc(Cl)cc2)CC1. The van der Waals surface area contributed by atoms with Gasteiger partial charge in [0.05, 0.1) is 5.25 Å². The van der Waals surface area contributed by atoms with Crippen LogP contribution in [0.2, 0.25) is 5.02 Å². The van der Waals surface area contributed by atoms with Gasteiger partial charge in [-0.25, -0.2) is 4.79 Å². The van der Waals surface area contributed by atoms with Gasteiger partial charge >= 0.3 is 6.03 Å². The van der Waals surface area contributed by atoms with Crippen molar-refractivity contribution in [1.29, 1.82) is 0 Å². The molecule has 0 spiro atoms. The summed E-state index contributed by atoms with van der Waals surface area (Å²) < 4.78 is 0. The monoisotopic (exact) mass is 397 g/mol. The third kappa shape index (κ3) is 6.40. The van der Waals surface area contributed by atoms with Crippen LogP contribution in [0.4, 0.5) is 10.5 Å². The van der Waals surface area contributed by atoms with E-state index in [0.717, 1.165) is 30.7 Å². The molecule has 1 aromatic rings. The van der Waals surface area contributed by atoms with Crippen LogP contribution in [0.5, 0.6) is 0 Å². The highest BCUT2D eigenvalue weighted by Crippen LogP contribution is 2.17. The van der Waals surface area contributed by atoms with Gasteiger partial charge < -0.3 is 15.1 Å². The quantitative estimate of drug-likeness (QED) is 0.727. The van der Waals surface area contributed by atoms with Gasteiger partial charge in [-0.3, -0.25) is 4.79 Å². The fourth-order valence-electron chi connectivity index (χ4n) is 2.81.